The molecule has 3 aromatic rings. The van der Waals surface area contributed by atoms with E-state index < -0.39 is 11.9 Å². The largest absolute Gasteiger partial charge is 0.489 e. The van der Waals surface area contributed by atoms with Gasteiger partial charge in [-0.25, -0.2) is 0 Å². The predicted octanol–water partition coefficient (Wildman–Crippen LogP) is 5.00. The van der Waals surface area contributed by atoms with Gasteiger partial charge < -0.3 is 19.3 Å². The first kappa shape index (κ1) is 23.6. The molecule has 1 saturated heterocycles. The van der Waals surface area contributed by atoms with E-state index >= 15 is 0 Å². The summed E-state index contributed by atoms with van der Waals surface area (Å²) in [5, 5.41) is 9.28. The average Bonchev–Trinajstić information content (AvgIpc) is 3.48. The number of carboxylic acids is 1. The average molecular weight is 461 g/mol. The molecule has 2 aromatic carbocycles. The van der Waals surface area contributed by atoms with Gasteiger partial charge in [0.1, 0.15) is 12.4 Å². The Morgan fingerprint density at radius 1 is 1.09 bits per heavy atom. The molecule has 0 spiro atoms. The molecule has 34 heavy (non-hydrogen) atoms. The Hall–Kier alpha value is -3.54. The topological polar surface area (TPSA) is 71.8 Å². The van der Waals surface area contributed by atoms with Crippen molar-refractivity contribution in [3.05, 3.63) is 89.2 Å². The fourth-order valence-corrected chi connectivity index (χ4v) is 4.55. The van der Waals surface area contributed by atoms with Crippen molar-refractivity contribution in [1.29, 1.82) is 0 Å². The molecule has 0 saturated carbocycles. The van der Waals surface area contributed by atoms with Crippen LogP contribution in [0.5, 0.6) is 5.75 Å². The molecule has 6 nitrogen and oxygen atoms in total. The van der Waals surface area contributed by atoms with Crippen LogP contribution >= 0.6 is 0 Å². The normalized spacial score (nSPS) is 16.4. The Morgan fingerprint density at radius 3 is 2.59 bits per heavy atom. The first-order valence-electron chi connectivity index (χ1n) is 11.9. The number of carbonyl (C=O) groups excluding carboxylic acids is 1. The Morgan fingerprint density at radius 2 is 1.85 bits per heavy atom. The molecule has 0 aliphatic carbocycles. The molecule has 1 amide bonds. The Kier molecular flexibility index (Phi) is 7.36. The first-order chi connectivity index (χ1) is 16.4. The third kappa shape index (κ3) is 5.50. The van der Waals surface area contributed by atoms with Crippen molar-refractivity contribution in [2.45, 2.75) is 52.3 Å². The van der Waals surface area contributed by atoms with Gasteiger partial charge >= 0.3 is 5.97 Å². The van der Waals surface area contributed by atoms with Crippen LogP contribution in [0.2, 0.25) is 0 Å². The van der Waals surface area contributed by atoms with Gasteiger partial charge in [-0.3, -0.25) is 9.59 Å². The van der Waals surface area contributed by atoms with Gasteiger partial charge in [-0.05, 0) is 60.7 Å². The van der Waals surface area contributed by atoms with Crippen molar-refractivity contribution >= 4 is 11.9 Å². The summed E-state index contributed by atoms with van der Waals surface area (Å²) in [5.74, 6) is -0.424. The van der Waals surface area contributed by atoms with E-state index in [0.29, 0.717) is 19.6 Å². The van der Waals surface area contributed by atoms with Crippen molar-refractivity contribution in [3.63, 3.8) is 0 Å². The molecule has 1 aliphatic heterocycles. The summed E-state index contributed by atoms with van der Waals surface area (Å²) >= 11 is 0. The Labute approximate surface area is 200 Å². The van der Waals surface area contributed by atoms with Gasteiger partial charge in [-0.1, -0.05) is 43.3 Å². The van der Waals surface area contributed by atoms with Gasteiger partial charge in [0.2, 0.25) is 5.91 Å². The molecule has 0 radical (unpaired) electrons. The molecular formula is C28H32N2O4. The fourth-order valence-electron chi connectivity index (χ4n) is 4.55. The number of carbonyl (C=O) groups is 2. The van der Waals surface area contributed by atoms with Crippen LogP contribution in [0.3, 0.4) is 0 Å². The van der Waals surface area contributed by atoms with E-state index in [0.717, 1.165) is 42.0 Å². The summed E-state index contributed by atoms with van der Waals surface area (Å²) < 4.78 is 7.90. The predicted molar refractivity (Wildman–Crippen MR) is 131 cm³/mol. The van der Waals surface area contributed by atoms with E-state index in [4.69, 9.17) is 4.74 Å². The van der Waals surface area contributed by atoms with Crippen LogP contribution < -0.4 is 4.74 Å². The molecule has 2 atom stereocenters. The number of aliphatic carboxylic acids is 1. The minimum atomic E-state index is -0.815. The molecule has 178 valence electrons. The van der Waals surface area contributed by atoms with Crippen LogP contribution in [0.1, 0.15) is 48.2 Å². The highest BCUT2D eigenvalue weighted by atomic mass is 16.5. The zero-order valence-corrected chi connectivity index (χ0v) is 19.8. The maximum absolute atomic E-state index is 13.2. The number of ether oxygens (including phenoxy) is 1. The molecule has 1 aromatic heterocycles. The van der Waals surface area contributed by atoms with Gasteiger partial charge in [-0.2, -0.15) is 0 Å². The molecule has 1 N–H and O–H groups in total. The van der Waals surface area contributed by atoms with Gasteiger partial charge in [0.25, 0.3) is 0 Å². The number of nitrogens with zero attached hydrogens (tertiary/aromatic N) is 2. The third-order valence-corrected chi connectivity index (χ3v) is 6.61. The van der Waals surface area contributed by atoms with Gasteiger partial charge in [0, 0.05) is 25.0 Å². The van der Waals surface area contributed by atoms with Crippen LogP contribution in [-0.2, 0) is 29.2 Å². The lowest BCUT2D eigenvalue weighted by atomic mass is 10.1. The van der Waals surface area contributed by atoms with Gasteiger partial charge in [0.05, 0.1) is 18.4 Å². The number of aromatic nitrogens is 1. The van der Waals surface area contributed by atoms with Crippen molar-refractivity contribution in [2.24, 2.45) is 5.92 Å². The Balaban J connectivity index is 1.37. The second-order valence-electron chi connectivity index (χ2n) is 9.11. The maximum Gasteiger partial charge on any atom is 0.308 e. The zero-order valence-electron chi connectivity index (χ0n) is 19.8. The number of carboxylic acid groups (broad SMARTS) is 1. The summed E-state index contributed by atoms with van der Waals surface area (Å²) in [7, 11) is 0. The molecule has 6 heteroatoms. The number of amides is 1. The lowest BCUT2D eigenvalue weighted by Gasteiger charge is -2.27. The highest BCUT2D eigenvalue weighted by molar-refractivity contribution is 5.79. The van der Waals surface area contributed by atoms with Crippen molar-refractivity contribution in [2.75, 3.05) is 6.54 Å². The van der Waals surface area contributed by atoms with Crippen LogP contribution in [-0.4, -0.2) is 33.0 Å². The molecule has 0 bridgehead atoms. The smallest absolute Gasteiger partial charge is 0.308 e. The minimum absolute atomic E-state index is 0.0137. The summed E-state index contributed by atoms with van der Waals surface area (Å²) in [6.07, 6.45) is 4.08. The number of likely N-dealkylation sites (tertiary alicyclic amines) is 1. The van der Waals surface area contributed by atoms with Crippen molar-refractivity contribution in [3.8, 4) is 5.75 Å². The number of hydrogen-bond acceptors (Lipinski definition) is 3. The maximum atomic E-state index is 13.2. The second-order valence-corrected chi connectivity index (χ2v) is 9.11. The van der Waals surface area contributed by atoms with E-state index in [1.807, 2.05) is 64.2 Å². The highest BCUT2D eigenvalue weighted by Gasteiger charge is 2.32. The van der Waals surface area contributed by atoms with Crippen LogP contribution in [0.25, 0.3) is 0 Å². The van der Waals surface area contributed by atoms with E-state index in [2.05, 4.69) is 19.1 Å². The third-order valence-electron chi connectivity index (χ3n) is 6.61. The standard InChI is InChI=1S/C28H32N2O4/c1-20-7-3-4-8-23(20)19-34-24-13-11-22(12-14-24)17-27(31)30-16-6-10-26(30)25-9-5-15-29(25)18-21(2)28(32)33/h3-5,7-9,11-15,21,26H,6,10,16-19H2,1-2H3,(H,32,33). The molecule has 4 rings (SSSR count). The van der Waals surface area contributed by atoms with E-state index in [1.54, 1.807) is 6.92 Å². The molecule has 1 aliphatic rings. The lowest BCUT2D eigenvalue weighted by Crippen LogP contribution is -2.33. The van der Waals surface area contributed by atoms with Gasteiger partial charge in [-0.15, -0.1) is 0 Å². The number of aryl methyl sites for hydroxylation is 1. The number of hydrogen-bond donors (Lipinski definition) is 1. The fraction of sp³-hybridized carbons (Fsp3) is 0.357. The Bertz CT molecular complexity index is 1140. The quantitative estimate of drug-likeness (QED) is 0.488. The van der Waals surface area contributed by atoms with E-state index in [1.165, 1.54) is 5.56 Å². The summed E-state index contributed by atoms with van der Waals surface area (Å²) in [5.41, 5.74) is 4.32. The molecular weight excluding hydrogens is 428 g/mol. The lowest BCUT2D eigenvalue weighted by molar-refractivity contribution is -0.141. The summed E-state index contributed by atoms with van der Waals surface area (Å²) in [4.78, 5) is 26.4. The summed E-state index contributed by atoms with van der Waals surface area (Å²) in [6, 6.07) is 19.8. The minimum Gasteiger partial charge on any atom is -0.489 e. The number of benzene rings is 2. The summed E-state index contributed by atoms with van der Waals surface area (Å²) in [6.45, 7) is 5.42. The van der Waals surface area contributed by atoms with Crippen LogP contribution in [0, 0.1) is 12.8 Å². The van der Waals surface area contributed by atoms with Crippen molar-refractivity contribution < 1.29 is 19.4 Å². The second kappa shape index (κ2) is 10.6. The first-order valence-corrected chi connectivity index (χ1v) is 11.9. The van der Waals surface area contributed by atoms with Crippen LogP contribution in [0.15, 0.2) is 66.9 Å². The van der Waals surface area contributed by atoms with Crippen molar-refractivity contribution in [1.82, 2.24) is 9.47 Å². The van der Waals surface area contributed by atoms with Gasteiger partial charge in [0.15, 0.2) is 0 Å². The van der Waals surface area contributed by atoms with E-state index in [9.17, 15) is 14.7 Å². The highest BCUT2D eigenvalue weighted by Crippen LogP contribution is 2.33. The zero-order chi connectivity index (χ0) is 24.1. The molecule has 1 fully saturated rings. The van der Waals surface area contributed by atoms with E-state index in [-0.39, 0.29) is 11.9 Å². The SMILES string of the molecule is Cc1ccccc1COc1ccc(CC(=O)N2CCCC2c2cccn2CC(C)C(=O)O)cc1. The molecule has 2 heterocycles. The monoisotopic (exact) mass is 460 g/mol. The molecule has 2 unspecified atom stereocenters. The number of rotatable bonds is 9. The van der Waals surface area contributed by atoms with Crippen LogP contribution in [0.4, 0.5) is 0 Å².